The van der Waals surface area contributed by atoms with Crippen molar-refractivity contribution in [2.45, 2.75) is 6.04 Å². The Morgan fingerprint density at radius 1 is 1.42 bits per heavy atom. The SMILES string of the molecule is CN1CCN(c2nc3ccc(Cl)cn3n2)C(CN)C1. The van der Waals surface area contributed by atoms with Crippen molar-refractivity contribution in [3.63, 3.8) is 0 Å². The maximum Gasteiger partial charge on any atom is 0.246 e. The van der Waals surface area contributed by atoms with Crippen LogP contribution in [-0.2, 0) is 0 Å². The first kappa shape index (κ1) is 12.7. The molecule has 2 aromatic rings. The number of anilines is 1. The molecule has 1 saturated heterocycles. The lowest BCUT2D eigenvalue weighted by atomic mass is 10.2. The summed E-state index contributed by atoms with van der Waals surface area (Å²) in [4.78, 5) is 9.01. The molecule has 3 rings (SSSR count). The van der Waals surface area contributed by atoms with E-state index in [1.807, 2.05) is 12.1 Å². The molecule has 1 aliphatic rings. The summed E-state index contributed by atoms with van der Waals surface area (Å²) in [5.41, 5.74) is 6.66. The van der Waals surface area contributed by atoms with Gasteiger partial charge < -0.3 is 15.5 Å². The van der Waals surface area contributed by atoms with Gasteiger partial charge in [0.1, 0.15) is 0 Å². The zero-order valence-electron chi connectivity index (χ0n) is 10.8. The summed E-state index contributed by atoms with van der Waals surface area (Å²) < 4.78 is 1.71. The maximum atomic E-state index is 5.96. The van der Waals surface area contributed by atoms with Crippen molar-refractivity contribution in [2.24, 2.45) is 5.73 Å². The summed E-state index contributed by atoms with van der Waals surface area (Å²) in [7, 11) is 2.11. The van der Waals surface area contributed by atoms with Gasteiger partial charge in [0, 0.05) is 32.4 Å². The molecule has 1 aliphatic heterocycles. The van der Waals surface area contributed by atoms with E-state index in [1.54, 1.807) is 10.7 Å². The average molecular weight is 281 g/mol. The number of nitrogens with two attached hydrogens (primary N) is 1. The summed E-state index contributed by atoms with van der Waals surface area (Å²) in [5, 5.41) is 5.14. The minimum Gasteiger partial charge on any atom is -0.333 e. The van der Waals surface area contributed by atoms with Gasteiger partial charge in [0.05, 0.1) is 11.1 Å². The number of aromatic nitrogens is 3. The fourth-order valence-corrected chi connectivity index (χ4v) is 2.60. The molecule has 0 bridgehead atoms. The predicted octanol–water partition coefficient (Wildman–Crippen LogP) is 0.462. The molecule has 1 atom stereocenters. The van der Waals surface area contributed by atoms with Crippen molar-refractivity contribution in [1.82, 2.24) is 19.5 Å². The Balaban J connectivity index is 1.94. The van der Waals surface area contributed by atoms with E-state index < -0.39 is 0 Å². The van der Waals surface area contributed by atoms with E-state index in [0.717, 1.165) is 31.2 Å². The number of halogens is 1. The highest BCUT2D eigenvalue weighted by molar-refractivity contribution is 6.30. The molecule has 7 heteroatoms. The highest BCUT2D eigenvalue weighted by Gasteiger charge is 2.26. The van der Waals surface area contributed by atoms with E-state index in [2.05, 4.69) is 26.9 Å². The maximum absolute atomic E-state index is 5.96. The van der Waals surface area contributed by atoms with Gasteiger partial charge in [-0.3, -0.25) is 0 Å². The van der Waals surface area contributed by atoms with Crippen molar-refractivity contribution in [1.29, 1.82) is 0 Å². The Bertz CT molecular complexity index is 583. The fourth-order valence-electron chi connectivity index (χ4n) is 2.44. The molecule has 6 nitrogen and oxygen atoms in total. The number of rotatable bonds is 2. The van der Waals surface area contributed by atoms with Crippen LogP contribution in [0.25, 0.3) is 5.65 Å². The van der Waals surface area contributed by atoms with E-state index in [-0.39, 0.29) is 6.04 Å². The molecular formula is C12H17ClN6. The van der Waals surface area contributed by atoms with Crippen LogP contribution in [0, 0.1) is 0 Å². The van der Waals surface area contributed by atoms with Crippen molar-refractivity contribution in [2.75, 3.05) is 38.1 Å². The third kappa shape index (κ3) is 2.39. The first-order chi connectivity index (χ1) is 9.17. The lowest BCUT2D eigenvalue weighted by Crippen LogP contribution is -2.55. The third-order valence-electron chi connectivity index (χ3n) is 3.50. The standard InChI is InChI=1S/C12H17ClN6/c1-17-4-5-18(10(6-14)8-17)12-15-11-3-2-9(13)7-19(11)16-12/h2-3,7,10H,4-6,8,14H2,1H3. The highest BCUT2D eigenvalue weighted by Crippen LogP contribution is 2.18. The number of piperazine rings is 1. The van der Waals surface area contributed by atoms with Crippen LogP contribution in [0.3, 0.4) is 0 Å². The quantitative estimate of drug-likeness (QED) is 0.866. The molecule has 2 aromatic heterocycles. The predicted molar refractivity (Wildman–Crippen MR) is 75.7 cm³/mol. The van der Waals surface area contributed by atoms with Crippen LogP contribution in [0.15, 0.2) is 18.3 Å². The lowest BCUT2D eigenvalue weighted by Gasteiger charge is -2.38. The Morgan fingerprint density at radius 2 is 2.26 bits per heavy atom. The number of hydrogen-bond donors (Lipinski definition) is 1. The molecule has 19 heavy (non-hydrogen) atoms. The normalized spacial score (nSPS) is 21.2. The van der Waals surface area contributed by atoms with Crippen LogP contribution in [0.1, 0.15) is 0 Å². The summed E-state index contributed by atoms with van der Waals surface area (Å²) in [6, 6.07) is 3.94. The van der Waals surface area contributed by atoms with Crippen LogP contribution in [0.5, 0.6) is 0 Å². The molecule has 3 heterocycles. The van der Waals surface area contributed by atoms with E-state index in [9.17, 15) is 0 Å². The molecule has 102 valence electrons. The van der Waals surface area contributed by atoms with Gasteiger partial charge in [0.15, 0.2) is 5.65 Å². The minimum absolute atomic E-state index is 0.256. The van der Waals surface area contributed by atoms with Crippen LogP contribution >= 0.6 is 11.6 Å². The van der Waals surface area contributed by atoms with Gasteiger partial charge in [0.2, 0.25) is 5.95 Å². The smallest absolute Gasteiger partial charge is 0.246 e. The summed E-state index contributed by atoms with van der Waals surface area (Å²) >= 11 is 5.96. The van der Waals surface area contributed by atoms with Crippen LogP contribution in [0.4, 0.5) is 5.95 Å². The summed E-state index contributed by atoms with van der Waals surface area (Å²) in [5.74, 6) is 0.728. The minimum atomic E-state index is 0.256. The van der Waals surface area contributed by atoms with Gasteiger partial charge in [-0.2, -0.15) is 4.98 Å². The Labute approximate surface area is 116 Å². The molecule has 0 radical (unpaired) electrons. The van der Waals surface area contributed by atoms with Crippen molar-refractivity contribution >= 4 is 23.2 Å². The molecular weight excluding hydrogens is 264 g/mol. The molecule has 2 N–H and O–H groups in total. The molecule has 0 spiro atoms. The Morgan fingerprint density at radius 3 is 3.05 bits per heavy atom. The van der Waals surface area contributed by atoms with Crippen molar-refractivity contribution < 1.29 is 0 Å². The van der Waals surface area contributed by atoms with E-state index in [1.165, 1.54) is 0 Å². The monoisotopic (exact) mass is 280 g/mol. The van der Waals surface area contributed by atoms with E-state index in [4.69, 9.17) is 17.3 Å². The largest absolute Gasteiger partial charge is 0.333 e. The van der Waals surface area contributed by atoms with Crippen LogP contribution < -0.4 is 10.6 Å². The zero-order chi connectivity index (χ0) is 13.4. The number of pyridine rings is 1. The fraction of sp³-hybridized carbons (Fsp3) is 0.500. The second-order valence-corrected chi connectivity index (χ2v) is 5.34. The first-order valence-corrected chi connectivity index (χ1v) is 6.72. The highest BCUT2D eigenvalue weighted by atomic mass is 35.5. The van der Waals surface area contributed by atoms with Gasteiger partial charge in [0.25, 0.3) is 0 Å². The third-order valence-corrected chi connectivity index (χ3v) is 3.72. The summed E-state index contributed by atoms with van der Waals surface area (Å²) in [6.07, 6.45) is 1.76. The zero-order valence-corrected chi connectivity index (χ0v) is 11.6. The number of nitrogens with zero attached hydrogens (tertiary/aromatic N) is 5. The number of hydrogen-bond acceptors (Lipinski definition) is 5. The number of likely N-dealkylation sites (N-methyl/N-ethyl adjacent to an activating group) is 1. The Hall–Kier alpha value is -1.37. The summed E-state index contributed by atoms with van der Waals surface area (Å²) in [6.45, 7) is 3.42. The van der Waals surface area contributed by atoms with Crippen LogP contribution in [-0.4, -0.2) is 58.8 Å². The topological polar surface area (TPSA) is 62.7 Å². The molecule has 1 fully saturated rings. The average Bonchev–Trinajstić information content (AvgIpc) is 2.81. The second kappa shape index (κ2) is 4.96. The van der Waals surface area contributed by atoms with Gasteiger partial charge in [-0.25, -0.2) is 4.52 Å². The molecule has 0 saturated carbocycles. The van der Waals surface area contributed by atoms with E-state index in [0.29, 0.717) is 11.6 Å². The molecule has 0 amide bonds. The molecule has 0 aliphatic carbocycles. The van der Waals surface area contributed by atoms with Crippen molar-refractivity contribution in [3.8, 4) is 0 Å². The first-order valence-electron chi connectivity index (χ1n) is 6.34. The molecule has 1 unspecified atom stereocenters. The van der Waals surface area contributed by atoms with E-state index >= 15 is 0 Å². The molecule has 0 aromatic carbocycles. The van der Waals surface area contributed by atoms with Crippen molar-refractivity contribution in [3.05, 3.63) is 23.4 Å². The van der Waals surface area contributed by atoms with Gasteiger partial charge in [-0.15, -0.1) is 5.10 Å². The van der Waals surface area contributed by atoms with Gasteiger partial charge in [-0.05, 0) is 19.2 Å². The second-order valence-electron chi connectivity index (χ2n) is 4.91. The number of fused-ring (bicyclic) bond motifs is 1. The lowest BCUT2D eigenvalue weighted by molar-refractivity contribution is 0.268. The van der Waals surface area contributed by atoms with Gasteiger partial charge in [-0.1, -0.05) is 11.6 Å². The van der Waals surface area contributed by atoms with Gasteiger partial charge >= 0.3 is 0 Å². The Kier molecular flexibility index (Phi) is 3.30. The van der Waals surface area contributed by atoms with Crippen LogP contribution in [0.2, 0.25) is 5.02 Å².